The van der Waals surface area contributed by atoms with Crippen LogP contribution in [0.4, 0.5) is 9.18 Å². The third-order valence-corrected chi connectivity index (χ3v) is 4.77. The number of carbonyl (C=O) groups excluding carboxylic acids is 2. The predicted molar refractivity (Wildman–Crippen MR) is 102 cm³/mol. The van der Waals surface area contributed by atoms with Crippen molar-refractivity contribution < 1.29 is 14.0 Å². The van der Waals surface area contributed by atoms with Gasteiger partial charge in [0, 0.05) is 39.1 Å². The van der Waals surface area contributed by atoms with Crippen LogP contribution in [0.2, 0.25) is 0 Å². The highest BCUT2D eigenvalue weighted by molar-refractivity contribution is 5.78. The van der Waals surface area contributed by atoms with Gasteiger partial charge >= 0.3 is 6.03 Å². The molecule has 27 heavy (non-hydrogen) atoms. The first-order chi connectivity index (χ1) is 13.1. The van der Waals surface area contributed by atoms with Gasteiger partial charge in [0.25, 0.3) is 0 Å². The zero-order valence-corrected chi connectivity index (χ0v) is 15.2. The third-order valence-electron chi connectivity index (χ3n) is 4.77. The van der Waals surface area contributed by atoms with Gasteiger partial charge in [-0.25, -0.2) is 9.18 Å². The van der Waals surface area contributed by atoms with Gasteiger partial charge in [0.1, 0.15) is 5.82 Å². The fourth-order valence-corrected chi connectivity index (χ4v) is 3.15. The second-order valence-electron chi connectivity index (χ2n) is 6.60. The van der Waals surface area contributed by atoms with E-state index < -0.39 is 0 Å². The molecule has 0 bridgehead atoms. The molecule has 6 heteroatoms. The summed E-state index contributed by atoms with van der Waals surface area (Å²) in [5.74, 6) is -0.271. The number of nitrogens with one attached hydrogen (secondary N) is 1. The predicted octanol–water partition coefficient (Wildman–Crippen LogP) is 2.81. The molecule has 0 aromatic heterocycles. The van der Waals surface area contributed by atoms with Crippen LogP contribution in [0.25, 0.3) is 0 Å². The van der Waals surface area contributed by atoms with Crippen LogP contribution in [0.1, 0.15) is 17.5 Å². The Hall–Kier alpha value is -2.89. The molecule has 0 saturated carbocycles. The summed E-state index contributed by atoms with van der Waals surface area (Å²) in [4.78, 5) is 28.1. The first-order valence-corrected chi connectivity index (χ1v) is 9.21. The van der Waals surface area contributed by atoms with Gasteiger partial charge in [-0.05, 0) is 23.6 Å². The molecule has 142 valence electrons. The number of halogens is 1. The third kappa shape index (κ3) is 5.29. The van der Waals surface area contributed by atoms with Crippen molar-refractivity contribution in [1.82, 2.24) is 15.1 Å². The highest BCUT2D eigenvalue weighted by Gasteiger charge is 2.23. The first kappa shape index (κ1) is 18.9. The van der Waals surface area contributed by atoms with Crippen molar-refractivity contribution in [2.75, 3.05) is 26.2 Å². The average molecular weight is 369 g/mol. The monoisotopic (exact) mass is 369 g/mol. The molecular formula is C21H24FN3O2. The van der Waals surface area contributed by atoms with Crippen molar-refractivity contribution in [2.24, 2.45) is 0 Å². The van der Waals surface area contributed by atoms with Crippen LogP contribution in [0.3, 0.4) is 0 Å². The average Bonchev–Trinajstić information content (AvgIpc) is 2.72. The Morgan fingerprint density at radius 2 is 1.52 bits per heavy atom. The number of aryl methyl sites for hydroxylation is 1. The van der Waals surface area contributed by atoms with Crippen LogP contribution in [0, 0.1) is 5.82 Å². The van der Waals surface area contributed by atoms with Gasteiger partial charge in [0.05, 0.1) is 0 Å². The van der Waals surface area contributed by atoms with Crippen LogP contribution < -0.4 is 5.32 Å². The standard InChI is InChI=1S/C21H24FN3O2/c22-19-9-5-4-8-18(19)10-11-20(26)24-12-14-25(15-13-24)21(27)23-16-17-6-2-1-3-7-17/h1-9H,10-16H2,(H,23,27). The molecule has 1 aliphatic rings. The zero-order chi connectivity index (χ0) is 19.1. The minimum atomic E-state index is -0.273. The molecule has 1 fully saturated rings. The number of nitrogens with zero attached hydrogens (tertiary/aromatic N) is 2. The molecule has 1 N–H and O–H groups in total. The van der Waals surface area contributed by atoms with E-state index in [9.17, 15) is 14.0 Å². The minimum Gasteiger partial charge on any atom is -0.339 e. The molecule has 0 unspecified atom stereocenters. The second-order valence-corrected chi connectivity index (χ2v) is 6.60. The number of hydrogen-bond acceptors (Lipinski definition) is 2. The van der Waals surface area contributed by atoms with Crippen molar-refractivity contribution in [3.63, 3.8) is 0 Å². The van der Waals surface area contributed by atoms with E-state index in [1.54, 1.807) is 28.0 Å². The number of piperazine rings is 1. The highest BCUT2D eigenvalue weighted by atomic mass is 19.1. The number of urea groups is 1. The highest BCUT2D eigenvalue weighted by Crippen LogP contribution is 2.11. The number of benzene rings is 2. The lowest BCUT2D eigenvalue weighted by atomic mass is 10.1. The van der Waals surface area contributed by atoms with Gasteiger partial charge in [0.2, 0.25) is 5.91 Å². The summed E-state index contributed by atoms with van der Waals surface area (Å²) in [7, 11) is 0. The Labute approximate surface area is 158 Å². The Morgan fingerprint density at radius 3 is 2.22 bits per heavy atom. The van der Waals surface area contributed by atoms with E-state index in [2.05, 4.69) is 5.32 Å². The van der Waals surface area contributed by atoms with E-state index in [4.69, 9.17) is 0 Å². The summed E-state index contributed by atoms with van der Waals surface area (Å²) in [5, 5.41) is 2.91. The Kier molecular flexibility index (Phi) is 6.41. The lowest BCUT2D eigenvalue weighted by molar-refractivity contribution is -0.132. The van der Waals surface area contributed by atoms with Crippen LogP contribution in [-0.2, 0) is 17.8 Å². The van der Waals surface area contributed by atoms with Gasteiger partial charge in [-0.2, -0.15) is 0 Å². The summed E-state index contributed by atoms with van der Waals surface area (Å²) in [6.45, 7) is 2.52. The molecule has 0 atom stereocenters. The maximum absolute atomic E-state index is 13.6. The Balaban J connectivity index is 1.40. The topological polar surface area (TPSA) is 52.7 Å². The van der Waals surface area contributed by atoms with Crippen molar-refractivity contribution >= 4 is 11.9 Å². The van der Waals surface area contributed by atoms with Crippen LogP contribution >= 0.6 is 0 Å². The van der Waals surface area contributed by atoms with Crippen molar-refractivity contribution in [1.29, 1.82) is 0 Å². The second kappa shape index (κ2) is 9.16. The number of rotatable bonds is 5. The normalized spacial score (nSPS) is 14.1. The van der Waals surface area contributed by atoms with Crippen molar-refractivity contribution in [3.05, 3.63) is 71.5 Å². The van der Waals surface area contributed by atoms with Gasteiger partial charge in [-0.3, -0.25) is 4.79 Å². The summed E-state index contributed by atoms with van der Waals surface area (Å²) >= 11 is 0. The van der Waals surface area contributed by atoms with Gasteiger partial charge in [-0.15, -0.1) is 0 Å². The Morgan fingerprint density at radius 1 is 0.889 bits per heavy atom. The molecule has 2 aromatic rings. The number of carbonyl (C=O) groups is 2. The molecule has 3 rings (SSSR count). The molecular weight excluding hydrogens is 345 g/mol. The smallest absolute Gasteiger partial charge is 0.317 e. The number of amides is 3. The molecule has 1 heterocycles. The lowest BCUT2D eigenvalue weighted by Crippen LogP contribution is -2.53. The van der Waals surface area contributed by atoms with Gasteiger partial charge < -0.3 is 15.1 Å². The van der Waals surface area contributed by atoms with Crippen molar-refractivity contribution in [2.45, 2.75) is 19.4 Å². The fourth-order valence-electron chi connectivity index (χ4n) is 3.15. The van der Waals surface area contributed by atoms with E-state index in [0.717, 1.165) is 5.56 Å². The molecule has 3 amide bonds. The number of hydrogen-bond donors (Lipinski definition) is 1. The molecule has 1 saturated heterocycles. The fraction of sp³-hybridized carbons (Fsp3) is 0.333. The largest absolute Gasteiger partial charge is 0.339 e. The summed E-state index contributed by atoms with van der Waals surface area (Å²) in [6, 6.07) is 16.2. The summed E-state index contributed by atoms with van der Waals surface area (Å²) < 4.78 is 13.6. The van der Waals surface area contributed by atoms with E-state index >= 15 is 0 Å². The van der Waals surface area contributed by atoms with E-state index in [-0.39, 0.29) is 24.2 Å². The SMILES string of the molecule is O=C(CCc1ccccc1F)N1CCN(C(=O)NCc2ccccc2)CC1. The van der Waals surface area contributed by atoms with E-state index in [0.29, 0.717) is 44.7 Å². The maximum Gasteiger partial charge on any atom is 0.317 e. The van der Waals surface area contributed by atoms with Gasteiger partial charge in [-0.1, -0.05) is 48.5 Å². The minimum absolute atomic E-state index is 0.00240. The summed E-state index contributed by atoms with van der Waals surface area (Å²) in [5.41, 5.74) is 1.61. The molecule has 0 radical (unpaired) electrons. The van der Waals surface area contributed by atoms with Crippen LogP contribution in [0.5, 0.6) is 0 Å². The molecule has 5 nitrogen and oxygen atoms in total. The molecule has 2 aromatic carbocycles. The Bertz CT molecular complexity index is 774. The zero-order valence-electron chi connectivity index (χ0n) is 15.2. The first-order valence-electron chi connectivity index (χ1n) is 9.21. The van der Waals surface area contributed by atoms with Crippen molar-refractivity contribution in [3.8, 4) is 0 Å². The lowest BCUT2D eigenvalue weighted by Gasteiger charge is -2.34. The van der Waals surface area contributed by atoms with Crippen LogP contribution in [0.15, 0.2) is 54.6 Å². The quantitative estimate of drug-likeness (QED) is 0.881. The maximum atomic E-state index is 13.6. The van der Waals surface area contributed by atoms with Gasteiger partial charge in [0.15, 0.2) is 0 Å². The molecule has 0 spiro atoms. The summed E-state index contributed by atoms with van der Waals surface area (Å²) in [6.07, 6.45) is 0.671. The van der Waals surface area contributed by atoms with Crippen LogP contribution in [-0.4, -0.2) is 47.9 Å². The molecule has 1 aliphatic heterocycles. The van der Waals surface area contributed by atoms with E-state index in [1.165, 1.54) is 6.07 Å². The molecule has 0 aliphatic carbocycles. The van der Waals surface area contributed by atoms with E-state index in [1.807, 2.05) is 30.3 Å².